The van der Waals surface area contributed by atoms with Gasteiger partial charge in [0.1, 0.15) is 0 Å². The molecule has 0 radical (unpaired) electrons. The molecule has 0 unspecified atom stereocenters. The van der Waals surface area contributed by atoms with Crippen molar-refractivity contribution in [3.63, 3.8) is 0 Å². The second-order valence-corrected chi connectivity index (χ2v) is 4.55. The number of rotatable bonds is 2. The molecule has 17 heavy (non-hydrogen) atoms. The van der Waals surface area contributed by atoms with Crippen LogP contribution >= 0.6 is 11.6 Å². The van der Waals surface area contributed by atoms with Crippen LogP contribution in [0.15, 0.2) is 12.1 Å². The van der Waals surface area contributed by atoms with E-state index < -0.39 is 0 Å². The second-order valence-electron chi connectivity index (χ2n) is 4.28. The lowest BCUT2D eigenvalue weighted by molar-refractivity contribution is -0.116. The quantitative estimate of drug-likeness (QED) is 0.649. The Morgan fingerprint density at radius 3 is 2.88 bits per heavy atom. The molecule has 1 aliphatic heterocycles. The van der Waals surface area contributed by atoms with Crippen LogP contribution in [0.5, 0.6) is 0 Å². The van der Waals surface area contributed by atoms with Crippen molar-refractivity contribution >= 4 is 29.0 Å². The Morgan fingerprint density at radius 2 is 2.18 bits per heavy atom. The number of Topliss-reactive ketones (excluding diaryl/α,β-unsaturated/α-hetero) is 1. The van der Waals surface area contributed by atoms with E-state index in [-0.39, 0.29) is 17.6 Å². The van der Waals surface area contributed by atoms with Crippen molar-refractivity contribution < 1.29 is 9.59 Å². The predicted molar refractivity (Wildman–Crippen MR) is 67.8 cm³/mol. The monoisotopic (exact) mass is 251 g/mol. The lowest BCUT2D eigenvalue weighted by Crippen LogP contribution is -2.10. The summed E-state index contributed by atoms with van der Waals surface area (Å²) in [5.41, 5.74) is 3.37. The Balaban J connectivity index is 2.45. The highest BCUT2D eigenvalue weighted by Gasteiger charge is 2.16. The zero-order valence-corrected chi connectivity index (χ0v) is 10.4. The van der Waals surface area contributed by atoms with Gasteiger partial charge in [0.05, 0.1) is 5.88 Å². The molecular weight excluding hydrogens is 238 g/mol. The summed E-state index contributed by atoms with van der Waals surface area (Å²) in [5.74, 6) is -0.0338. The molecule has 1 amide bonds. The molecule has 0 spiro atoms. The molecule has 0 atom stereocenters. The summed E-state index contributed by atoms with van der Waals surface area (Å²) in [6.07, 6.45) is 2.17. The molecule has 1 aromatic rings. The average molecular weight is 252 g/mol. The van der Waals surface area contributed by atoms with Crippen molar-refractivity contribution in [3.05, 3.63) is 28.8 Å². The number of carbonyl (C=O) groups is 2. The maximum atomic E-state index is 11.7. The fraction of sp³-hybridized carbons (Fsp3) is 0.385. The van der Waals surface area contributed by atoms with E-state index in [1.807, 2.05) is 19.1 Å². The van der Waals surface area contributed by atoms with Gasteiger partial charge in [-0.3, -0.25) is 9.59 Å². The minimum Gasteiger partial charge on any atom is -0.326 e. The molecule has 0 aliphatic carbocycles. The molecule has 1 aromatic carbocycles. The second kappa shape index (κ2) is 4.88. The Labute approximate surface area is 105 Å². The van der Waals surface area contributed by atoms with E-state index in [0.717, 1.165) is 29.7 Å². The summed E-state index contributed by atoms with van der Waals surface area (Å²) in [5, 5.41) is 2.86. The number of halogens is 1. The Morgan fingerprint density at radius 1 is 1.41 bits per heavy atom. The van der Waals surface area contributed by atoms with Crippen LogP contribution in [-0.4, -0.2) is 17.6 Å². The number of hydrogen-bond acceptors (Lipinski definition) is 2. The number of alkyl halides is 1. The van der Waals surface area contributed by atoms with E-state index in [9.17, 15) is 9.59 Å². The van der Waals surface area contributed by atoms with Gasteiger partial charge in [0.2, 0.25) is 5.91 Å². The van der Waals surface area contributed by atoms with Crippen LogP contribution in [0, 0.1) is 6.92 Å². The Kier molecular flexibility index (Phi) is 3.48. The molecule has 4 heteroatoms. The number of amides is 1. The summed E-state index contributed by atoms with van der Waals surface area (Å²) in [6.45, 7) is 1.86. The molecule has 1 N–H and O–H groups in total. The first-order valence-corrected chi connectivity index (χ1v) is 6.18. The van der Waals surface area contributed by atoms with Crippen LogP contribution in [0.1, 0.15) is 34.3 Å². The number of aryl methyl sites for hydroxylation is 2. The number of carbonyl (C=O) groups excluding carboxylic acids is 2. The number of ketones is 1. The summed E-state index contributed by atoms with van der Waals surface area (Å²) in [7, 11) is 0. The molecule has 0 saturated heterocycles. The van der Waals surface area contributed by atoms with Crippen molar-refractivity contribution in [2.24, 2.45) is 0 Å². The molecule has 1 aliphatic rings. The molecule has 0 fully saturated rings. The van der Waals surface area contributed by atoms with E-state index >= 15 is 0 Å². The summed E-state index contributed by atoms with van der Waals surface area (Å²) in [4.78, 5) is 23.1. The van der Waals surface area contributed by atoms with Gasteiger partial charge < -0.3 is 5.32 Å². The maximum absolute atomic E-state index is 11.7. The van der Waals surface area contributed by atoms with E-state index in [4.69, 9.17) is 11.6 Å². The van der Waals surface area contributed by atoms with Gasteiger partial charge in [0.25, 0.3) is 0 Å². The van der Waals surface area contributed by atoms with E-state index in [2.05, 4.69) is 5.32 Å². The fourth-order valence-electron chi connectivity index (χ4n) is 2.10. The first-order valence-electron chi connectivity index (χ1n) is 5.64. The largest absolute Gasteiger partial charge is 0.326 e. The molecular formula is C13H14ClNO2. The van der Waals surface area contributed by atoms with Gasteiger partial charge >= 0.3 is 0 Å². The molecule has 90 valence electrons. The molecule has 2 rings (SSSR count). The van der Waals surface area contributed by atoms with E-state index in [0.29, 0.717) is 12.0 Å². The molecule has 0 bridgehead atoms. The van der Waals surface area contributed by atoms with Gasteiger partial charge in [-0.2, -0.15) is 0 Å². The predicted octanol–water partition coefficient (Wildman–Crippen LogP) is 2.69. The van der Waals surface area contributed by atoms with Gasteiger partial charge in [0, 0.05) is 17.7 Å². The first-order chi connectivity index (χ1) is 8.11. The standard InChI is InChI=1S/C13H14ClNO2/c1-8-5-11-9(3-2-4-13(17)15-11)6-10(8)12(16)7-14/h5-6H,2-4,7H2,1H3,(H,15,17). The zero-order valence-electron chi connectivity index (χ0n) is 9.68. The van der Waals surface area contributed by atoms with Gasteiger partial charge in [-0.1, -0.05) is 0 Å². The van der Waals surface area contributed by atoms with Crippen LogP contribution in [0.3, 0.4) is 0 Å². The minimum absolute atomic E-state index is 0.00795. The lowest BCUT2D eigenvalue weighted by Gasteiger charge is -2.11. The molecule has 1 heterocycles. The number of anilines is 1. The van der Waals surface area contributed by atoms with Gasteiger partial charge in [-0.25, -0.2) is 0 Å². The van der Waals surface area contributed by atoms with Crippen LogP contribution in [0.4, 0.5) is 5.69 Å². The van der Waals surface area contributed by atoms with Crippen LogP contribution in [0.25, 0.3) is 0 Å². The summed E-state index contributed by atoms with van der Waals surface area (Å²) in [6, 6.07) is 3.72. The molecule has 3 nitrogen and oxygen atoms in total. The topological polar surface area (TPSA) is 46.2 Å². The third-order valence-corrected chi connectivity index (χ3v) is 3.24. The van der Waals surface area contributed by atoms with E-state index in [1.54, 1.807) is 0 Å². The number of fused-ring (bicyclic) bond motifs is 1. The smallest absolute Gasteiger partial charge is 0.224 e. The van der Waals surface area contributed by atoms with E-state index in [1.165, 1.54) is 0 Å². The third-order valence-electron chi connectivity index (χ3n) is 3.00. The maximum Gasteiger partial charge on any atom is 0.224 e. The SMILES string of the molecule is Cc1cc2c(cc1C(=O)CCl)CCCC(=O)N2. The highest BCUT2D eigenvalue weighted by Crippen LogP contribution is 2.26. The summed E-state index contributed by atoms with van der Waals surface area (Å²) >= 11 is 5.58. The van der Waals surface area contributed by atoms with Crippen LogP contribution in [0.2, 0.25) is 0 Å². The van der Waals surface area contributed by atoms with Gasteiger partial charge in [-0.05, 0) is 43.0 Å². The highest BCUT2D eigenvalue weighted by atomic mass is 35.5. The van der Waals surface area contributed by atoms with Crippen molar-refractivity contribution in [1.82, 2.24) is 0 Å². The molecule has 0 aromatic heterocycles. The number of nitrogens with one attached hydrogen (secondary N) is 1. The van der Waals surface area contributed by atoms with Crippen LogP contribution in [-0.2, 0) is 11.2 Å². The average Bonchev–Trinajstić information content (AvgIpc) is 2.47. The Bertz CT molecular complexity index is 483. The van der Waals surface area contributed by atoms with Gasteiger partial charge in [-0.15, -0.1) is 11.6 Å². The van der Waals surface area contributed by atoms with Crippen molar-refractivity contribution in [3.8, 4) is 0 Å². The number of hydrogen-bond donors (Lipinski definition) is 1. The minimum atomic E-state index is -0.0671. The van der Waals surface area contributed by atoms with Gasteiger partial charge in [0.15, 0.2) is 5.78 Å². The highest BCUT2D eigenvalue weighted by molar-refractivity contribution is 6.30. The van der Waals surface area contributed by atoms with Crippen molar-refractivity contribution in [2.45, 2.75) is 26.2 Å². The van der Waals surface area contributed by atoms with Crippen LogP contribution < -0.4 is 5.32 Å². The first kappa shape index (κ1) is 12.1. The molecule has 0 saturated carbocycles. The fourth-order valence-corrected chi connectivity index (χ4v) is 2.24. The number of benzene rings is 1. The normalized spacial score (nSPS) is 14.8. The Hall–Kier alpha value is -1.35. The zero-order chi connectivity index (χ0) is 12.4. The van der Waals surface area contributed by atoms with Crippen molar-refractivity contribution in [1.29, 1.82) is 0 Å². The van der Waals surface area contributed by atoms with Crippen molar-refractivity contribution in [2.75, 3.05) is 11.2 Å². The third kappa shape index (κ3) is 2.50. The summed E-state index contributed by atoms with van der Waals surface area (Å²) < 4.78 is 0. The lowest BCUT2D eigenvalue weighted by atomic mass is 9.98.